The number of phenolic OH excluding ortho intramolecular Hbond substituents is 4. The van der Waals surface area contributed by atoms with E-state index in [1.807, 2.05) is 0 Å². The van der Waals surface area contributed by atoms with Crippen molar-refractivity contribution in [2.24, 2.45) is 20.5 Å². The maximum Gasteiger partial charge on any atom is 0.143 e. The molecule has 0 atom stereocenters. The van der Waals surface area contributed by atoms with Gasteiger partial charge in [0.05, 0.1) is 0 Å². The molecule has 8 nitrogen and oxygen atoms in total. The van der Waals surface area contributed by atoms with Crippen molar-refractivity contribution in [1.29, 1.82) is 0 Å². The van der Waals surface area contributed by atoms with Crippen LogP contribution in [0.3, 0.4) is 0 Å². The Labute approximate surface area is 170 Å². The fourth-order valence-electron chi connectivity index (χ4n) is 2.87. The number of benzene rings is 4. The highest BCUT2D eigenvalue weighted by atomic mass is 16.3. The summed E-state index contributed by atoms with van der Waals surface area (Å²) in [6.45, 7) is 0. The molecule has 0 aliphatic rings. The van der Waals surface area contributed by atoms with Gasteiger partial charge in [0.2, 0.25) is 0 Å². The Morgan fingerprint density at radius 2 is 0.867 bits per heavy atom. The van der Waals surface area contributed by atoms with Crippen LogP contribution in [0.25, 0.3) is 10.8 Å². The first-order valence-electron chi connectivity index (χ1n) is 8.91. The normalized spacial score (nSPS) is 11.6. The van der Waals surface area contributed by atoms with Crippen LogP contribution in [-0.4, -0.2) is 20.4 Å². The lowest BCUT2D eigenvalue weighted by Gasteiger charge is -2.08. The molecule has 0 fully saturated rings. The summed E-state index contributed by atoms with van der Waals surface area (Å²) >= 11 is 0. The summed E-state index contributed by atoms with van der Waals surface area (Å²) in [6, 6.07) is 18.9. The van der Waals surface area contributed by atoms with E-state index in [1.165, 1.54) is 24.3 Å². The summed E-state index contributed by atoms with van der Waals surface area (Å²) < 4.78 is 0. The molecule has 0 radical (unpaired) electrons. The highest BCUT2D eigenvalue weighted by Crippen LogP contribution is 2.46. The molecule has 0 saturated carbocycles. The average molecular weight is 400 g/mol. The fraction of sp³-hybridized carbons (Fsp3) is 0. The summed E-state index contributed by atoms with van der Waals surface area (Å²) in [4.78, 5) is 0. The summed E-state index contributed by atoms with van der Waals surface area (Å²) in [5.74, 6) is -0.510. The van der Waals surface area contributed by atoms with Gasteiger partial charge in [-0.3, -0.25) is 0 Å². The molecule has 0 amide bonds. The molecule has 0 aliphatic carbocycles. The van der Waals surface area contributed by atoms with E-state index in [4.69, 9.17) is 0 Å². The van der Waals surface area contributed by atoms with E-state index in [2.05, 4.69) is 20.5 Å². The van der Waals surface area contributed by atoms with Gasteiger partial charge in [-0.2, -0.15) is 0 Å². The molecular formula is C22H16N4O4. The Bertz CT molecular complexity index is 1210. The van der Waals surface area contributed by atoms with Gasteiger partial charge in [-0.25, -0.2) is 0 Å². The molecule has 8 heteroatoms. The van der Waals surface area contributed by atoms with E-state index in [9.17, 15) is 20.4 Å². The fourth-order valence-corrected chi connectivity index (χ4v) is 2.87. The highest BCUT2D eigenvalue weighted by Gasteiger charge is 2.15. The smallest absolute Gasteiger partial charge is 0.143 e. The Balaban J connectivity index is 1.89. The summed E-state index contributed by atoms with van der Waals surface area (Å²) in [5.41, 5.74) is 0.536. The number of hydrogen-bond donors (Lipinski definition) is 4. The number of nitrogens with zero attached hydrogens (tertiary/aromatic N) is 4. The third-order valence-corrected chi connectivity index (χ3v) is 4.37. The Morgan fingerprint density at radius 1 is 0.433 bits per heavy atom. The monoisotopic (exact) mass is 400 g/mol. The number of fused-ring (bicyclic) bond motifs is 1. The van der Waals surface area contributed by atoms with Crippen molar-refractivity contribution in [3.05, 3.63) is 72.8 Å². The second kappa shape index (κ2) is 7.88. The van der Waals surface area contributed by atoms with Gasteiger partial charge in [-0.15, -0.1) is 20.5 Å². The molecule has 4 N–H and O–H groups in total. The topological polar surface area (TPSA) is 130 Å². The lowest BCUT2D eigenvalue weighted by atomic mass is 10.1. The number of aromatic hydroxyl groups is 4. The molecule has 0 heterocycles. The van der Waals surface area contributed by atoms with E-state index >= 15 is 0 Å². The van der Waals surface area contributed by atoms with Crippen LogP contribution in [0.2, 0.25) is 0 Å². The first-order chi connectivity index (χ1) is 14.5. The van der Waals surface area contributed by atoms with Crippen LogP contribution in [0, 0.1) is 0 Å². The summed E-state index contributed by atoms with van der Waals surface area (Å²) in [5, 5.41) is 57.7. The second-order valence-electron chi connectivity index (χ2n) is 6.34. The molecule has 4 rings (SSSR count). The number of rotatable bonds is 4. The van der Waals surface area contributed by atoms with Crippen molar-refractivity contribution in [3.8, 4) is 23.0 Å². The quantitative estimate of drug-likeness (QED) is 0.291. The third-order valence-electron chi connectivity index (χ3n) is 4.37. The molecule has 148 valence electrons. The maximum atomic E-state index is 10.4. The van der Waals surface area contributed by atoms with E-state index in [0.717, 1.165) is 0 Å². The molecule has 0 bridgehead atoms. The molecule has 30 heavy (non-hydrogen) atoms. The Morgan fingerprint density at radius 3 is 1.30 bits per heavy atom. The number of para-hydroxylation sites is 2. The minimum atomic E-state index is -0.189. The van der Waals surface area contributed by atoms with Gasteiger partial charge >= 0.3 is 0 Å². The van der Waals surface area contributed by atoms with Crippen LogP contribution in [-0.2, 0) is 0 Å². The molecule has 0 unspecified atom stereocenters. The zero-order valence-corrected chi connectivity index (χ0v) is 15.5. The zero-order valence-electron chi connectivity index (χ0n) is 15.5. The maximum absolute atomic E-state index is 10.4. The summed E-state index contributed by atoms with van der Waals surface area (Å²) in [6.07, 6.45) is 0. The molecule has 4 aromatic rings. The SMILES string of the molecule is Oc1ccccc1N=Nc1c(O)ccc2ccc(O)c(N=Nc3ccccc3O)c12. The number of azo groups is 2. The first-order valence-corrected chi connectivity index (χ1v) is 8.91. The van der Waals surface area contributed by atoms with Crippen molar-refractivity contribution < 1.29 is 20.4 Å². The van der Waals surface area contributed by atoms with Gasteiger partial charge in [-0.05, 0) is 41.8 Å². The van der Waals surface area contributed by atoms with E-state index < -0.39 is 0 Å². The Hall–Kier alpha value is -4.46. The lowest BCUT2D eigenvalue weighted by molar-refractivity contribution is 0.473. The Kier molecular flexibility index (Phi) is 4.96. The van der Waals surface area contributed by atoms with Gasteiger partial charge in [0.25, 0.3) is 0 Å². The van der Waals surface area contributed by atoms with Crippen LogP contribution in [0.5, 0.6) is 23.0 Å². The molecule has 4 aromatic carbocycles. The number of hydrogen-bond acceptors (Lipinski definition) is 8. The van der Waals surface area contributed by atoms with E-state index in [0.29, 0.717) is 10.8 Å². The largest absolute Gasteiger partial charge is 0.506 e. The first kappa shape index (κ1) is 18.9. The third kappa shape index (κ3) is 3.61. The average Bonchev–Trinajstić information content (AvgIpc) is 2.74. The predicted molar refractivity (Wildman–Crippen MR) is 112 cm³/mol. The van der Waals surface area contributed by atoms with Gasteiger partial charge < -0.3 is 20.4 Å². The van der Waals surface area contributed by atoms with Crippen LogP contribution in [0.4, 0.5) is 22.7 Å². The zero-order chi connectivity index (χ0) is 21.1. The van der Waals surface area contributed by atoms with Crippen molar-refractivity contribution in [2.75, 3.05) is 0 Å². The molecule has 0 aromatic heterocycles. The van der Waals surface area contributed by atoms with Crippen LogP contribution in [0.15, 0.2) is 93.3 Å². The van der Waals surface area contributed by atoms with Gasteiger partial charge in [0.1, 0.15) is 45.7 Å². The van der Waals surface area contributed by atoms with Crippen molar-refractivity contribution in [3.63, 3.8) is 0 Å². The van der Waals surface area contributed by atoms with Crippen molar-refractivity contribution >= 4 is 33.5 Å². The molecular weight excluding hydrogens is 384 g/mol. The second-order valence-corrected chi connectivity index (χ2v) is 6.34. The minimum Gasteiger partial charge on any atom is -0.506 e. The molecule has 0 saturated heterocycles. The van der Waals surface area contributed by atoms with Gasteiger partial charge in [0, 0.05) is 5.39 Å². The number of phenols is 4. The van der Waals surface area contributed by atoms with Gasteiger partial charge in [0.15, 0.2) is 0 Å². The van der Waals surface area contributed by atoms with Crippen molar-refractivity contribution in [2.45, 2.75) is 0 Å². The van der Waals surface area contributed by atoms with Crippen molar-refractivity contribution in [1.82, 2.24) is 0 Å². The predicted octanol–water partition coefficient (Wildman–Crippen LogP) is 6.49. The van der Waals surface area contributed by atoms with E-state index in [1.54, 1.807) is 48.5 Å². The van der Waals surface area contributed by atoms with Crippen LogP contribution < -0.4 is 0 Å². The minimum absolute atomic E-state index is 0.0536. The van der Waals surface area contributed by atoms with E-state index in [-0.39, 0.29) is 45.7 Å². The van der Waals surface area contributed by atoms with Crippen LogP contribution >= 0.6 is 0 Å². The van der Waals surface area contributed by atoms with Gasteiger partial charge in [-0.1, -0.05) is 36.4 Å². The summed E-state index contributed by atoms with van der Waals surface area (Å²) in [7, 11) is 0. The molecule has 0 spiro atoms. The molecule has 0 aliphatic heterocycles. The standard InChI is InChI=1S/C22H16N4O4/c27-16-7-3-1-5-14(16)23-25-21-18(29)11-9-13-10-12-19(30)22(20(13)21)26-24-15-6-2-4-8-17(15)28/h1-12,27-30H. The highest BCUT2D eigenvalue weighted by molar-refractivity contribution is 6.05. The van der Waals surface area contributed by atoms with Crippen LogP contribution in [0.1, 0.15) is 0 Å². The lowest BCUT2D eigenvalue weighted by Crippen LogP contribution is -1.79.